The molecule has 0 aromatic rings. The summed E-state index contributed by atoms with van der Waals surface area (Å²) < 4.78 is 4.68. The number of hydrogen-bond acceptors (Lipinski definition) is 4. The van der Waals surface area contributed by atoms with Crippen molar-refractivity contribution in [3.63, 3.8) is 0 Å². The highest BCUT2D eigenvalue weighted by molar-refractivity contribution is 5.69. The van der Waals surface area contributed by atoms with E-state index in [2.05, 4.69) is 23.8 Å². The van der Waals surface area contributed by atoms with E-state index < -0.39 is 18.4 Å². The fourth-order valence-corrected chi connectivity index (χ4v) is 2.28. The number of rotatable bonds is 15. The highest BCUT2D eigenvalue weighted by Crippen LogP contribution is 2.10. The van der Waals surface area contributed by atoms with Gasteiger partial charge in [0, 0.05) is 6.42 Å². The van der Waals surface area contributed by atoms with Gasteiger partial charge in [-0.15, -0.1) is 0 Å². The molecule has 0 aliphatic rings. The summed E-state index contributed by atoms with van der Waals surface area (Å²) in [7, 11) is 0. The van der Waals surface area contributed by atoms with E-state index in [9.17, 15) is 9.90 Å². The van der Waals surface area contributed by atoms with Crippen molar-refractivity contribution < 1.29 is 19.7 Å². The summed E-state index contributed by atoms with van der Waals surface area (Å²) in [5.74, 6) is -0.440. The molecule has 23 heavy (non-hydrogen) atoms. The van der Waals surface area contributed by atoms with Crippen molar-refractivity contribution in [3.8, 4) is 0 Å². The summed E-state index contributed by atoms with van der Waals surface area (Å²) >= 11 is 0. The summed E-state index contributed by atoms with van der Waals surface area (Å²) in [6.45, 7) is 3.62. The zero-order valence-electron chi connectivity index (χ0n) is 15.0. The van der Waals surface area contributed by atoms with Gasteiger partial charge in [0.05, 0.1) is 0 Å². The van der Waals surface area contributed by atoms with Gasteiger partial charge < -0.3 is 14.9 Å². The number of hydrogen-bond donors (Lipinski definition) is 2. The molecule has 0 rings (SSSR count). The van der Waals surface area contributed by atoms with Crippen LogP contribution < -0.4 is 0 Å². The Kier molecular flexibility index (Phi) is 15.4. The van der Waals surface area contributed by atoms with Crippen LogP contribution in [0.25, 0.3) is 0 Å². The van der Waals surface area contributed by atoms with E-state index >= 15 is 0 Å². The summed E-state index contributed by atoms with van der Waals surface area (Å²) in [4.78, 5) is 11.4. The number of carbonyl (C=O) groups excluding carboxylic acids is 1. The predicted molar refractivity (Wildman–Crippen MR) is 94.0 cm³/mol. The first-order valence-corrected chi connectivity index (χ1v) is 9.28. The second kappa shape index (κ2) is 16.0. The molecule has 2 N–H and O–H groups in total. The summed E-state index contributed by atoms with van der Waals surface area (Å²) in [6, 6.07) is 0. The lowest BCUT2D eigenvalue weighted by Crippen LogP contribution is -2.28. The van der Waals surface area contributed by atoms with Gasteiger partial charge in [-0.25, -0.2) is 0 Å². The van der Waals surface area contributed by atoms with Crippen LogP contribution in [0.2, 0.25) is 0 Å². The highest BCUT2D eigenvalue weighted by Gasteiger charge is 2.15. The number of ether oxygens (including phenoxy) is 1. The van der Waals surface area contributed by atoms with Crippen molar-refractivity contribution >= 4 is 5.97 Å². The van der Waals surface area contributed by atoms with Crippen molar-refractivity contribution in [3.05, 3.63) is 12.2 Å². The zero-order chi connectivity index (χ0) is 17.3. The largest absolute Gasteiger partial charge is 0.433 e. The lowest BCUT2D eigenvalue weighted by atomic mass is 10.1. The Morgan fingerprint density at radius 2 is 1.43 bits per heavy atom. The molecule has 0 spiro atoms. The van der Waals surface area contributed by atoms with Crippen LogP contribution in [-0.2, 0) is 9.53 Å². The van der Waals surface area contributed by atoms with Gasteiger partial charge >= 0.3 is 5.97 Å². The van der Waals surface area contributed by atoms with Crippen LogP contribution in [0.4, 0.5) is 0 Å². The minimum absolute atomic E-state index is 0.307. The van der Waals surface area contributed by atoms with Crippen molar-refractivity contribution in [1.82, 2.24) is 0 Å². The lowest BCUT2D eigenvalue weighted by molar-refractivity contribution is -0.184. The second-order valence-electron chi connectivity index (χ2n) is 6.25. The molecule has 4 nitrogen and oxygen atoms in total. The van der Waals surface area contributed by atoms with Crippen LogP contribution in [0.5, 0.6) is 0 Å². The van der Waals surface area contributed by atoms with Crippen LogP contribution in [-0.4, -0.2) is 28.6 Å². The molecule has 136 valence electrons. The standard InChI is InChI=1S/C19H36O4/c1-3-4-5-6-7-8-9-10-11-12-13-14-15-16-18(21)23-19(22)17(2)20/h8-9,17,19-20,22H,3-7,10-16H2,1-2H3/b9-8-. The third-order valence-corrected chi connectivity index (χ3v) is 3.81. The number of esters is 1. The van der Waals surface area contributed by atoms with Crippen molar-refractivity contribution in [2.75, 3.05) is 0 Å². The number of unbranched alkanes of at least 4 members (excludes halogenated alkanes) is 9. The molecule has 0 aliphatic heterocycles. The average Bonchev–Trinajstić information content (AvgIpc) is 2.51. The molecule has 0 saturated carbocycles. The van der Waals surface area contributed by atoms with E-state index in [-0.39, 0.29) is 0 Å². The molecule has 0 aliphatic carbocycles. The molecule has 0 aromatic heterocycles. The highest BCUT2D eigenvalue weighted by atomic mass is 16.6. The van der Waals surface area contributed by atoms with Gasteiger partial charge in [0.2, 0.25) is 6.29 Å². The first-order chi connectivity index (χ1) is 11.1. The Morgan fingerprint density at radius 3 is 2.00 bits per heavy atom. The minimum Gasteiger partial charge on any atom is -0.433 e. The van der Waals surface area contributed by atoms with E-state index in [0.717, 1.165) is 25.7 Å². The number of allylic oxidation sites excluding steroid dienone is 2. The number of carbonyl (C=O) groups is 1. The van der Waals surface area contributed by atoms with Gasteiger partial charge in [-0.1, -0.05) is 57.6 Å². The number of aliphatic hydroxyl groups excluding tert-OH is 2. The maximum atomic E-state index is 11.4. The van der Waals surface area contributed by atoms with E-state index in [0.29, 0.717) is 6.42 Å². The normalized spacial score (nSPS) is 14.1. The Hall–Kier alpha value is -0.870. The maximum absolute atomic E-state index is 11.4. The summed E-state index contributed by atoms with van der Waals surface area (Å²) in [5.41, 5.74) is 0. The zero-order valence-corrected chi connectivity index (χ0v) is 15.0. The molecule has 0 saturated heterocycles. The quantitative estimate of drug-likeness (QED) is 0.201. The minimum atomic E-state index is -1.41. The van der Waals surface area contributed by atoms with Gasteiger partial charge in [0.15, 0.2) is 0 Å². The number of aliphatic hydroxyl groups is 2. The Morgan fingerprint density at radius 1 is 0.913 bits per heavy atom. The maximum Gasteiger partial charge on any atom is 0.308 e. The Bertz CT molecular complexity index is 300. The molecule has 0 bridgehead atoms. The lowest BCUT2D eigenvalue weighted by Gasteiger charge is -2.14. The van der Waals surface area contributed by atoms with Crippen molar-refractivity contribution in [1.29, 1.82) is 0 Å². The van der Waals surface area contributed by atoms with Crippen LogP contribution in [0.1, 0.15) is 90.9 Å². The van der Waals surface area contributed by atoms with Gasteiger partial charge in [-0.05, 0) is 39.0 Å². The molecule has 2 atom stereocenters. The molecule has 0 radical (unpaired) electrons. The summed E-state index contributed by atoms with van der Waals surface area (Å²) in [6.07, 6.45) is 15.4. The fraction of sp³-hybridized carbons (Fsp3) is 0.842. The SMILES string of the molecule is CCCCCC/C=C\CCCCCCCC(=O)OC(O)C(C)O. The van der Waals surface area contributed by atoms with E-state index in [1.807, 2.05) is 0 Å². The van der Waals surface area contributed by atoms with Crippen LogP contribution in [0.15, 0.2) is 12.2 Å². The first-order valence-electron chi connectivity index (χ1n) is 9.28. The smallest absolute Gasteiger partial charge is 0.308 e. The van der Waals surface area contributed by atoms with Gasteiger partial charge in [0.25, 0.3) is 0 Å². The molecule has 0 amide bonds. The second-order valence-corrected chi connectivity index (χ2v) is 6.25. The molecule has 0 heterocycles. The molecule has 0 fully saturated rings. The van der Waals surface area contributed by atoms with Crippen molar-refractivity contribution in [2.24, 2.45) is 0 Å². The van der Waals surface area contributed by atoms with E-state index in [1.54, 1.807) is 0 Å². The van der Waals surface area contributed by atoms with Crippen LogP contribution >= 0.6 is 0 Å². The Balaban J connectivity index is 3.30. The van der Waals surface area contributed by atoms with Crippen molar-refractivity contribution in [2.45, 2.75) is 103 Å². The third kappa shape index (κ3) is 15.8. The van der Waals surface area contributed by atoms with E-state index in [4.69, 9.17) is 5.11 Å². The van der Waals surface area contributed by atoms with Gasteiger partial charge in [-0.3, -0.25) is 4.79 Å². The van der Waals surface area contributed by atoms with Gasteiger partial charge in [-0.2, -0.15) is 0 Å². The molecule has 2 unspecified atom stereocenters. The first kappa shape index (κ1) is 22.1. The molecule has 0 aromatic carbocycles. The topological polar surface area (TPSA) is 66.8 Å². The Labute approximate surface area is 141 Å². The predicted octanol–water partition coefficient (Wildman–Crippen LogP) is 4.49. The summed E-state index contributed by atoms with van der Waals surface area (Å²) in [5, 5.41) is 18.2. The van der Waals surface area contributed by atoms with Gasteiger partial charge in [0.1, 0.15) is 6.10 Å². The average molecular weight is 328 g/mol. The van der Waals surface area contributed by atoms with Crippen LogP contribution in [0.3, 0.4) is 0 Å². The van der Waals surface area contributed by atoms with Crippen LogP contribution in [0, 0.1) is 0 Å². The fourth-order valence-electron chi connectivity index (χ4n) is 2.28. The molecular weight excluding hydrogens is 292 g/mol. The third-order valence-electron chi connectivity index (χ3n) is 3.81. The van der Waals surface area contributed by atoms with E-state index in [1.165, 1.54) is 51.9 Å². The monoisotopic (exact) mass is 328 g/mol. The molecule has 4 heteroatoms. The molecular formula is C19H36O4.